The molecule has 1 aromatic carbocycles. The lowest BCUT2D eigenvalue weighted by Gasteiger charge is -2.40. The second kappa shape index (κ2) is 7.30. The van der Waals surface area contributed by atoms with Crippen LogP contribution in [0.4, 0.5) is 17.6 Å². The maximum Gasteiger partial charge on any atom is 0.417 e. The van der Waals surface area contributed by atoms with Gasteiger partial charge in [-0.15, -0.1) is 0 Å². The van der Waals surface area contributed by atoms with Gasteiger partial charge < -0.3 is 10.0 Å². The molecule has 1 N–H and O–H groups in total. The zero-order valence-corrected chi connectivity index (χ0v) is 15.5. The number of halogens is 4. The molecule has 4 atom stereocenters. The monoisotopic (exact) mass is 400 g/mol. The van der Waals surface area contributed by atoms with Gasteiger partial charge in [-0.05, 0) is 68.8 Å². The molecule has 3 aliphatic rings. The lowest BCUT2D eigenvalue weighted by Crippen LogP contribution is -2.48. The molecule has 28 heavy (non-hydrogen) atoms. The van der Waals surface area contributed by atoms with Gasteiger partial charge >= 0.3 is 6.18 Å². The number of carbonyl (C=O) groups excluding carboxylic acids is 1. The van der Waals surface area contributed by atoms with Crippen molar-refractivity contribution in [1.29, 1.82) is 0 Å². The molecular weight excluding hydrogens is 376 g/mol. The van der Waals surface area contributed by atoms with Crippen LogP contribution in [0.3, 0.4) is 0 Å². The van der Waals surface area contributed by atoms with Crippen LogP contribution in [0, 0.1) is 17.7 Å². The van der Waals surface area contributed by atoms with Gasteiger partial charge in [0, 0.05) is 19.1 Å². The van der Waals surface area contributed by atoms with Gasteiger partial charge in [0.2, 0.25) is 0 Å². The number of nitrogens with zero attached hydrogens (tertiary/aromatic N) is 2. The molecule has 3 fully saturated rings. The maximum atomic E-state index is 13.3. The van der Waals surface area contributed by atoms with E-state index in [9.17, 15) is 27.5 Å². The summed E-state index contributed by atoms with van der Waals surface area (Å²) in [4.78, 5) is 16.6. The number of hydrogen-bond acceptors (Lipinski definition) is 3. The van der Waals surface area contributed by atoms with Gasteiger partial charge in [-0.25, -0.2) is 4.39 Å². The van der Waals surface area contributed by atoms with E-state index in [1.54, 1.807) is 0 Å². The van der Waals surface area contributed by atoms with Crippen molar-refractivity contribution in [3.05, 3.63) is 35.1 Å². The summed E-state index contributed by atoms with van der Waals surface area (Å²) in [5, 5.41) is 10.6. The Morgan fingerprint density at radius 2 is 1.71 bits per heavy atom. The van der Waals surface area contributed by atoms with Crippen molar-refractivity contribution in [1.82, 2.24) is 9.80 Å². The quantitative estimate of drug-likeness (QED) is 0.776. The fourth-order valence-corrected chi connectivity index (χ4v) is 5.15. The number of aliphatic hydroxyl groups is 1. The summed E-state index contributed by atoms with van der Waals surface area (Å²) in [6.45, 7) is 2.65. The van der Waals surface area contributed by atoms with E-state index in [4.69, 9.17) is 0 Å². The molecular formula is C20H24F4N2O2. The first-order chi connectivity index (χ1) is 13.2. The number of carbonyl (C=O) groups is 1. The third-order valence-corrected chi connectivity index (χ3v) is 6.52. The van der Waals surface area contributed by atoms with Crippen LogP contribution >= 0.6 is 0 Å². The predicted molar refractivity (Wildman–Crippen MR) is 94.1 cm³/mol. The van der Waals surface area contributed by atoms with E-state index < -0.39 is 35.1 Å². The van der Waals surface area contributed by atoms with Crippen molar-refractivity contribution < 1.29 is 27.5 Å². The van der Waals surface area contributed by atoms with Crippen molar-refractivity contribution in [2.45, 2.75) is 44.0 Å². The van der Waals surface area contributed by atoms with Crippen LogP contribution in [0.15, 0.2) is 18.2 Å². The summed E-state index contributed by atoms with van der Waals surface area (Å²) >= 11 is 0. The smallest absolute Gasteiger partial charge is 0.391 e. The van der Waals surface area contributed by atoms with Gasteiger partial charge in [-0.3, -0.25) is 9.69 Å². The van der Waals surface area contributed by atoms with Crippen molar-refractivity contribution in [2.24, 2.45) is 11.8 Å². The fraction of sp³-hybridized carbons (Fsp3) is 0.650. The Morgan fingerprint density at radius 3 is 2.36 bits per heavy atom. The molecule has 2 saturated heterocycles. The summed E-state index contributed by atoms with van der Waals surface area (Å²) < 4.78 is 53.1. The first-order valence-electron chi connectivity index (χ1n) is 9.82. The van der Waals surface area contributed by atoms with Crippen molar-refractivity contribution in [2.75, 3.05) is 26.2 Å². The van der Waals surface area contributed by atoms with Crippen LogP contribution in [0.5, 0.6) is 0 Å². The summed E-state index contributed by atoms with van der Waals surface area (Å²) in [7, 11) is 0. The first-order valence-corrected chi connectivity index (χ1v) is 9.82. The molecule has 0 bridgehead atoms. The van der Waals surface area contributed by atoms with Crippen LogP contribution in [0.2, 0.25) is 0 Å². The second-order valence-electron chi connectivity index (χ2n) is 8.27. The van der Waals surface area contributed by atoms with Crippen LogP contribution in [0.25, 0.3) is 0 Å². The maximum absolute atomic E-state index is 13.3. The number of fused-ring (bicyclic) bond motifs is 1. The van der Waals surface area contributed by atoms with Crippen LogP contribution < -0.4 is 0 Å². The first kappa shape index (κ1) is 19.6. The minimum Gasteiger partial charge on any atom is -0.391 e. The Bertz CT molecular complexity index is 748. The number of rotatable bonds is 2. The number of aliphatic hydroxyl groups excluding tert-OH is 1. The lowest BCUT2D eigenvalue weighted by molar-refractivity contribution is -0.138. The molecule has 0 aromatic heterocycles. The highest BCUT2D eigenvalue weighted by Gasteiger charge is 2.46. The van der Waals surface area contributed by atoms with Crippen LogP contribution in [-0.4, -0.2) is 59.1 Å². The molecule has 2 aliphatic heterocycles. The second-order valence-corrected chi connectivity index (χ2v) is 8.27. The van der Waals surface area contributed by atoms with Crippen LogP contribution in [-0.2, 0) is 6.18 Å². The normalized spacial score (nSPS) is 31.2. The van der Waals surface area contributed by atoms with Crippen molar-refractivity contribution in [3.8, 4) is 0 Å². The number of alkyl halides is 3. The Labute approximate surface area is 161 Å². The Balaban J connectivity index is 1.51. The largest absolute Gasteiger partial charge is 0.417 e. The van der Waals surface area contributed by atoms with E-state index in [0.29, 0.717) is 25.6 Å². The average molecular weight is 400 g/mol. The number of hydrogen-bond donors (Lipinski definition) is 1. The molecule has 1 saturated carbocycles. The van der Waals surface area contributed by atoms with Gasteiger partial charge in [0.05, 0.1) is 17.2 Å². The molecule has 0 spiro atoms. The Hall–Kier alpha value is -1.67. The van der Waals surface area contributed by atoms with Gasteiger partial charge in [-0.1, -0.05) is 0 Å². The zero-order valence-electron chi connectivity index (χ0n) is 15.5. The van der Waals surface area contributed by atoms with E-state index >= 15 is 0 Å². The summed E-state index contributed by atoms with van der Waals surface area (Å²) in [5.41, 5.74) is -1.74. The summed E-state index contributed by atoms with van der Waals surface area (Å²) in [5.74, 6) is -1.47. The molecule has 1 aromatic rings. The number of likely N-dealkylation sites (tertiary alicyclic amines) is 2. The zero-order chi connectivity index (χ0) is 20.1. The molecule has 0 unspecified atom stereocenters. The van der Waals surface area contributed by atoms with E-state index in [0.717, 1.165) is 44.5 Å². The fourth-order valence-electron chi connectivity index (χ4n) is 5.15. The molecule has 8 heteroatoms. The average Bonchev–Trinajstić information content (AvgIpc) is 3.28. The molecule has 1 amide bonds. The van der Waals surface area contributed by atoms with Crippen molar-refractivity contribution in [3.63, 3.8) is 0 Å². The number of benzene rings is 1. The van der Waals surface area contributed by atoms with Gasteiger partial charge in [-0.2, -0.15) is 13.2 Å². The molecule has 2 heterocycles. The van der Waals surface area contributed by atoms with E-state index in [1.165, 1.54) is 4.90 Å². The van der Waals surface area contributed by atoms with Crippen molar-refractivity contribution >= 4 is 5.91 Å². The highest BCUT2D eigenvalue weighted by atomic mass is 19.4. The standard InChI is InChI=1S/C20H24F4N2O2/c21-14-3-4-15(16(9-14)20(22,23)24)19(28)26-10-12-7-17(25-5-1-2-6-25)18(27)8-13(12)11-26/h3-4,9,12-13,17-18,27H,1-2,5-8,10-11H2/t12-,13+,17-,18-/m1/s1. The summed E-state index contributed by atoms with van der Waals surface area (Å²) in [6.07, 6.45) is -1.71. The van der Waals surface area contributed by atoms with Gasteiger partial charge in [0.1, 0.15) is 5.82 Å². The third kappa shape index (κ3) is 3.64. The molecule has 4 nitrogen and oxygen atoms in total. The summed E-state index contributed by atoms with van der Waals surface area (Å²) in [6, 6.07) is 2.25. The van der Waals surface area contributed by atoms with Gasteiger partial charge in [0.15, 0.2) is 0 Å². The topological polar surface area (TPSA) is 43.8 Å². The molecule has 1 aliphatic carbocycles. The minimum absolute atomic E-state index is 0.0651. The Morgan fingerprint density at radius 1 is 1.07 bits per heavy atom. The highest BCUT2D eigenvalue weighted by molar-refractivity contribution is 5.96. The molecule has 0 radical (unpaired) electrons. The Kier molecular flexibility index (Phi) is 5.12. The van der Waals surface area contributed by atoms with E-state index in [2.05, 4.69) is 4.90 Å². The third-order valence-electron chi connectivity index (χ3n) is 6.52. The predicted octanol–water partition coefficient (Wildman–Crippen LogP) is 3.15. The highest BCUT2D eigenvalue weighted by Crippen LogP contribution is 2.40. The van der Waals surface area contributed by atoms with Crippen LogP contribution in [0.1, 0.15) is 41.6 Å². The number of amides is 1. The van der Waals surface area contributed by atoms with Gasteiger partial charge in [0.25, 0.3) is 5.91 Å². The molecule has 4 rings (SSSR count). The van der Waals surface area contributed by atoms with E-state index in [-0.39, 0.29) is 17.9 Å². The molecule has 154 valence electrons. The van der Waals surface area contributed by atoms with E-state index in [1.807, 2.05) is 0 Å². The SMILES string of the molecule is O=C(c1ccc(F)cc1C(F)(F)F)N1C[C@H]2C[C@@H](N3CCCC3)[C@H](O)C[C@H]2C1. The minimum atomic E-state index is -4.80. The lowest BCUT2D eigenvalue weighted by atomic mass is 9.77.